The van der Waals surface area contributed by atoms with Crippen molar-refractivity contribution in [2.24, 2.45) is 0 Å². The number of rotatable bonds is 13. The number of hydrogen-bond acceptors (Lipinski definition) is 3. The Hall–Kier alpha value is -4.75. The van der Waals surface area contributed by atoms with E-state index >= 15 is 0 Å². The molecule has 0 aliphatic rings. The summed E-state index contributed by atoms with van der Waals surface area (Å²) in [5, 5.41) is 2.03. The van der Waals surface area contributed by atoms with Crippen molar-refractivity contribution in [3.05, 3.63) is 144 Å². The van der Waals surface area contributed by atoms with Crippen LogP contribution < -0.4 is 0 Å². The fourth-order valence-corrected chi connectivity index (χ4v) is 5.19. The van der Waals surface area contributed by atoms with Crippen LogP contribution >= 0.6 is 0 Å². The number of methoxy groups -OCH3 is 1. The highest BCUT2D eigenvalue weighted by molar-refractivity contribution is 6.00. The zero-order chi connectivity index (χ0) is 30.0. The van der Waals surface area contributed by atoms with Crippen LogP contribution in [-0.2, 0) is 29.2 Å². The molecule has 220 valence electrons. The third kappa shape index (κ3) is 7.96. The molecular weight excluding hydrogens is 541 g/mol. The number of nitrogens with zero attached hydrogens (tertiary/aromatic N) is 3. The number of halogens is 1. The largest absolute Gasteiger partial charge is 0.385 e. The molecule has 0 aliphatic heterocycles. The molecule has 0 saturated heterocycles. The molecule has 7 heteroatoms. The van der Waals surface area contributed by atoms with Crippen molar-refractivity contribution in [3.63, 3.8) is 0 Å². The first-order valence-corrected chi connectivity index (χ1v) is 14.5. The van der Waals surface area contributed by atoms with Gasteiger partial charge in [0.25, 0.3) is 5.91 Å². The number of amides is 2. The Morgan fingerprint density at radius 3 is 2.28 bits per heavy atom. The third-order valence-corrected chi connectivity index (χ3v) is 7.50. The van der Waals surface area contributed by atoms with Gasteiger partial charge in [-0.05, 0) is 64.7 Å². The van der Waals surface area contributed by atoms with Crippen molar-refractivity contribution >= 4 is 22.6 Å². The molecule has 1 aromatic heterocycles. The molecule has 0 fully saturated rings. The maximum Gasteiger partial charge on any atom is 0.254 e. The zero-order valence-electron chi connectivity index (χ0n) is 24.4. The van der Waals surface area contributed by atoms with Crippen LogP contribution in [0.4, 0.5) is 4.39 Å². The third-order valence-electron chi connectivity index (χ3n) is 7.50. The predicted molar refractivity (Wildman–Crippen MR) is 167 cm³/mol. The number of fused-ring (bicyclic) bond motifs is 1. The first-order chi connectivity index (χ1) is 21.0. The summed E-state index contributed by atoms with van der Waals surface area (Å²) in [5.74, 6) is -0.608. The lowest BCUT2D eigenvalue weighted by Crippen LogP contribution is -2.43. The molecule has 0 unspecified atom stereocenters. The van der Waals surface area contributed by atoms with Gasteiger partial charge in [-0.2, -0.15) is 0 Å². The highest BCUT2D eigenvalue weighted by atomic mass is 19.1. The van der Waals surface area contributed by atoms with Crippen LogP contribution in [0.3, 0.4) is 0 Å². The maximum atomic E-state index is 14.0. The lowest BCUT2D eigenvalue weighted by molar-refractivity contribution is -0.133. The molecule has 0 radical (unpaired) electrons. The minimum atomic E-state index is -0.274. The van der Waals surface area contributed by atoms with Crippen molar-refractivity contribution in [2.75, 3.05) is 26.8 Å². The van der Waals surface area contributed by atoms with Crippen LogP contribution in [0.5, 0.6) is 0 Å². The molecule has 43 heavy (non-hydrogen) atoms. The van der Waals surface area contributed by atoms with Crippen LogP contribution in [0.1, 0.15) is 33.6 Å². The van der Waals surface area contributed by atoms with Gasteiger partial charge in [-0.3, -0.25) is 9.59 Å². The Kier molecular flexibility index (Phi) is 9.97. The second-order valence-electron chi connectivity index (χ2n) is 10.6. The second-order valence-corrected chi connectivity index (χ2v) is 10.6. The molecule has 0 bridgehead atoms. The maximum absolute atomic E-state index is 14.0. The SMILES string of the molecule is COCCCN(CC(=O)N(Cc1ccccc1)Cc1cccn1Cc1ccc(F)cc1)C(=O)c1ccc2ccccc2c1. The monoisotopic (exact) mass is 577 g/mol. The van der Waals surface area contributed by atoms with Gasteiger partial charge >= 0.3 is 0 Å². The Morgan fingerprint density at radius 2 is 1.51 bits per heavy atom. The lowest BCUT2D eigenvalue weighted by atomic mass is 10.1. The predicted octanol–water partition coefficient (Wildman–Crippen LogP) is 6.54. The summed E-state index contributed by atoms with van der Waals surface area (Å²) in [5.41, 5.74) is 3.46. The molecule has 6 nitrogen and oxygen atoms in total. The minimum absolute atomic E-state index is 0.0547. The quantitative estimate of drug-likeness (QED) is 0.149. The van der Waals surface area contributed by atoms with Gasteiger partial charge in [0.2, 0.25) is 5.91 Å². The first-order valence-electron chi connectivity index (χ1n) is 14.5. The van der Waals surface area contributed by atoms with Crippen molar-refractivity contribution in [1.29, 1.82) is 0 Å². The van der Waals surface area contributed by atoms with Gasteiger partial charge in [0.15, 0.2) is 0 Å². The number of hydrogen-bond donors (Lipinski definition) is 0. The summed E-state index contributed by atoms with van der Waals surface area (Å²) in [6.07, 6.45) is 2.58. The minimum Gasteiger partial charge on any atom is -0.385 e. The second kappa shape index (κ2) is 14.4. The van der Waals surface area contributed by atoms with E-state index in [2.05, 4.69) is 4.57 Å². The fourth-order valence-electron chi connectivity index (χ4n) is 5.19. The highest BCUT2D eigenvalue weighted by Crippen LogP contribution is 2.19. The van der Waals surface area contributed by atoms with Gasteiger partial charge in [0.1, 0.15) is 12.4 Å². The Morgan fingerprint density at radius 1 is 0.767 bits per heavy atom. The Bertz CT molecular complexity index is 1650. The van der Waals surface area contributed by atoms with Gasteiger partial charge in [-0.1, -0.05) is 72.8 Å². The molecule has 0 spiro atoms. The smallest absolute Gasteiger partial charge is 0.254 e. The van der Waals surface area contributed by atoms with Crippen molar-refractivity contribution < 1.29 is 18.7 Å². The van der Waals surface area contributed by atoms with E-state index in [4.69, 9.17) is 4.74 Å². The molecule has 0 N–H and O–H groups in total. The normalized spacial score (nSPS) is 11.0. The molecular formula is C36H36FN3O3. The number of aromatic nitrogens is 1. The van der Waals surface area contributed by atoms with E-state index in [1.165, 1.54) is 12.1 Å². The molecule has 2 amide bonds. The van der Waals surface area contributed by atoms with Crippen molar-refractivity contribution in [2.45, 2.75) is 26.1 Å². The molecule has 1 heterocycles. The van der Waals surface area contributed by atoms with E-state index in [0.29, 0.717) is 44.8 Å². The van der Waals surface area contributed by atoms with Gasteiger partial charge in [0.05, 0.1) is 6.54 Å². The Balaban J connectivity index is 1.38. The summed E-state index contributed by atoms with van der Waals surface area (Å²) < 4.78 is 20.8. The number of carbonyl (C=O) groups excluding carboxylic acids is 2. The van der Waals surface area contributed by atoms with Gasteiger partial charge in [-0.25, -0.2) is 4.39 Å². The molecule has 0 aliphatic carbocycles. The van der Waals surface area contributed by atoms with E-state index in [1.807, 2.05) is 91.1 Å². The van der Waals surface area contributed by atoms with Gasteiger partial charge < -0.3 is 19.1 Å². The summed E-state index contributed by atoms with van der Waals surface area (Å²) in [6.45, 7) is 2.14. The van der Waals surface area contributed by atoms with E-state index in [9.17, 15) is 14.0 Å². The lowest BCUT2D eigenvalue weighted by Gasteiger charge is -2.28. The summed E-state index contributed by atoms with van der Waals surface area (Å²) in [7, 11) is 1.63. The molecule has 0 saturated carbocycles. The van der Waals surface area contributed by atoms with Crippen LogP contribution in [0.15, 0.2) is 115 Å². The standard InChI is InChI=1S/C36H36FN3O3/c1-43-22-8-21-39(36(42)32-17-16-30-11-5-6-12-31(30)23-32)27-35(41)40(25-28-9-3-2-4-10-28)26-34-13-7-20-38(34)24-29-14-18-33(37)19-15-29/h2-7,9-20,23H,8,21-22,24-27H2,1H3. The summed E-state index contributed by atoms with van der Waals surface area (Å²) in [6, 6.07) is 33.8. The topological polar surface area (TPSA) is 54.8 Å². The van der Waals surface area contributed by atoms with E-state index in [-0.39, 0.29) is 24.2 Å². The molecule has 5 aromatic rings. The van der Waals surface area contributed by atoms with Crippen molar-refractivity contribution in [1.82, 2.24) is 14.4 Å². The van der Waals surface area contributed by atoms with Crippen LogP contribution in [0, 0.1) is 5.82 Å². The first kappa shape index (κ1) is 29.7. The summed E-state index contributed by atoms with van der Waals surface area (Å²) >= 11 is 0. The average Bonchev–Trinajstić information content (AvgIpc) is 3.47. The number of ether oxygens (including phenoxy) is 1. The fraction of sp³-hybridized carbons (Fsp3) is 0.222. The molecule has 0 atom stereocenters. The van der Waals surface area contributed by atoms with Gasteiger partial charge in [0, 0.05) is 50.8 Å². The number of carbonyl (C=O) groups is 2. The summed E-state index contributed by atoms with van der Waals surface area (Å²) in [4.78, 5) is 31.2. The number of benzene rings is 4. The highest BCUT2D eigenvalue weighted by Gasteiger charge is 2.24. The Labute approximate surface area is 251 Å². The van der Waals surface area contributed by atoms with Crippen LogP contribution in [-0.4, -0.2) is 53.0 Å². The van der Waals surface area contributed by atoms with E-state index in [1.54, 1.807) is 29.0 Å². The van der Waals surface area contributed by atoms with Crippen LogP contribution in [0.2, 0.25) is 0 Å². The van der Waals surface area contributed by atoms with Crippen LogP contribution in [0.25, 0.3) is 10.8 Å². The van der Waals surface area contributed by atoms with Crippen molar-refractivity contribution in [3.8, 4) is 0 Å². The molecule has 5 rings (SSSR count). The van der Waals surface area contributed by atoms with E-state index in [0.717, 1.165) is 27.6 Å². The van der Waals surface area contributed by atoms with Gasteiger partial charge in [-0.15, -0.1) is 0 Å². The average molecular weight is 578 g/mol. The van der Waals surface area contributed by atoms with E-state index < -0.39 is 0 Å². The zero-order valence-corrected chi connectivity index (χ0v) is 24.4. The molecule has 4 aromatic carbocycles.